The van der Waals surface area contributed by atoms with Gasteiger partial charge in [-0.3, -0.25) is 9.59 Å². The molecule has 4 rings (SSSR count). The molecule has 1 fully saturated rings. The molecule has 2 unspecified atom stereocenters. The van der Waals surface area contributed by atoms with Gasteiger partial charge in [0.25, 0.3) is 0 Å². The first-order valence-electron chi connectivity index (χ1n) is 10.5. The first kappa shape index (κ1) is 20.9. The van der Waals surface area contributed by atoms with Crippen LogP contribution in [0, 0.1) is 11.8 Å². The minimum absolute atomic E-state index is 0.0105. The molecule has 0 bridgehead atoms. The molecule has 2 aromatic carbocycles. The largest absolute Gasteiger partial charge is 0.481 e. The van der Waals surface area contributed by atoms with E-state index in [0.717, 1.165) is 11.1 Å². The number of benzene rings is 2. The van der Waals surface area contributed by atoms with Crippen molar-refractivity contribution in [2.24, 2.45) is 11.8 Å². The Morgan fingerprint density at radius 3 is 2.29 bits per heavy atom. The highest BCUT2D eigenvalue weighted by atomic mass is 16.5. The van der Waals surface area contributed by atoms with E-state index in [-0.39, 0.29) is 43.2 Å². The van der Waals surface area contributed by atoms with Gasteiger partial charge in [0.05, 0.1) is 6.42 Å². The number of nitrogens with zero attached hydrogens (tertiary/aromatic N) is 1. The van der Waals surface area contributed by atoms with Gasteiger partial charge >= 0.3 is 12.1 Å². The molecule has 7 nitrogen and oxygen atoms in total. The highest BCUT2D eigenvalue weighted by molar-refractivity contribution is 5.82. The van der Waals surface area contributed by atoms with Crippen molar-refractivity contribution in [1.29, 1.82) is 0 Å². The molecule has 2 N–H and O–H groups in total. The van der Waals surface area contributed by atoms with Crippen LogP contribution in [0.1, 0.15) is 29.9 Å². The summed E-state index contributed by atoms with van der Waals surface area (Å²) in [6, 6.07) is 16.3. The quantitative estimate of drug-likeness (QED) is 0.682. The smallest absolute Gasteiger partial charge is 0.407 e. The summed E-state index contributed by atoms with van der Waals surface area (Å²) in [6.45, 7) is 0.821. The zero-order valence-electron chi connectivity index (χ0n) is 17.4. The van der Waals surface area contributed by atoms with Crippen LogP contribution in [-0.2, 0) is 14.3 Å². The fourth-order valence-corrected chi connectivity index (χ4v) is 4.30. The lowest BCUT2D eigenvalue weighted by Crippen LogP contribution is -2.32. The molecule has 1 saturated carbocycles. The molecule has 2 aliphatic carbocycles. The zero-order valence-corrected chi connectivity index (χ0v) is 17.4. The predicted molar refractivity (Wildman–Crippen MR) is 115 cm³/mol. The number of fused-ring (bicyclic) bond motifs is 3. The number of amides is 2. The van der Waals surface area contributed by atoms with Crippen LogP contribution < -0.4 is 5.32 Å². The van der Waals surface area contributed by atoms with Crippen molar-refractivity contribution < 1.29 is 24.2 Å². The number of hydrogen-bond donors (Lipinski definition) is 2. The second-order valence-electron chi connectivity index (χ2n) is 8.21. The first-order chi connectivity index (χ1) is 15.0. The van der Waals surface area contributed by atoms with Crippen LogP contribution in [0.2, 0.25) is 0 Å². The Hall–Kier alpha value is -3.35. The van der Waals surface area contributed by atoms with E-state index in [1.807, 2.05) is 24.3 Å². The van der Waals surface area contributed by atoms with Crippen LogP contribution in [0.5, 0.6) is 0 Å². The molecule has 0 saturated heterocycles. The van der Waals surface area contributed by atoms with Gasteiger partial charge in [0.2, 0.25) is 5.91 Å². The van der Waals surface area contributed by atoms with Crippen LogP contribution in [0.3, 0.4) is 0 Å². The molecule has 31 heavy (non-hydrogen) atoms. The minimum Gasteiger partial charge on any atom is -0.481 e. The van der Waals surface area contributed by atoms with Gasteiger partial charge in [0.1, 0.15) is 6.61 Å². The molecular weight excluding hydrogens is 396 g/mol. The molecule has 0 aliphatic heterocycles. The van der Waals surface area contributed by atoms with Crippen LogP contribution >= 0.6 is 0 Å². The summed E-state index contributed by atoms with van der Waals surface area (Å²) in [6.07, 6.45) is 0.136. The van der Waals surface area contributed by atoms with E-state index in [0.29, 0.717) is 13.0 Å². The highest BCUT2D eigenvalue weighted by Crippen LogP contribution is 2.44. The van der Waals surface area contributed by atoms with Crippen molar-refractivity contribution in [1.82, 2.24) is 10.2 Å². The van der Waals surface area contributed by atoms with E-state index in [1.165, 1.54) is 16.0 Å². The standard InChI is InChI=1S/C24H26N2O5/c1-26(11-10-22(27)28)23(29)20-12-15(20)13-25-24(30)31-14-21-18-8-4-2-6-16(18)17-7-3-5-9-19(17)21/h2-9,15,20-21H,10-14H2,1H3,(H,25,30)(H,27,28). The number of carbonyl (C=O) groups excluding carboxylic acids is 2. The number of hydrogen-bond acceptors (Lipinski definition) is 4. The van der Waals surface area contributed by atoms with E-state index in [2.05, 4.69) is 29.6 Å². The third-order valence-electron chi connectivity index (χ3n) is 6.13. The van der Waals surface area contributed by atoms with Gasteiger partial charge in [-0.05, 0) is 34.6 Å². The molecule has 0 aromatic heterocycles. The second-order valence-corrected chi connectivity index (χ2v) is 8.21. The topological polar surface area (TPSA) is 95.9 Å². The first-order valence-corrected chi connectivity index (χ1v) is 10.5. The summed E-state index contributed by atoms with van der Waals surface area (Å²) >= 11 is 0. The minimum atomic E-state index is -0.927. The summed E-state index contributed by atoms with van der Waals surface area (Å²) in [5, 5.41) is 11.5. The van der Waals surface area contributed by atoms with Gasteiger partial charge in [-0.25, -0.2) is 4.79 Å². The summed E-state index contributed by atoms with van der Waals surface area (Å²) in [7, 11) is 1.61. The van der Waals surface area contributed by atoms with Crippen LogP contribution in [0.15, 0.2) is 48.5 Å². The Morgan fingerprint density at radius 2 is 1.68 bits per heavy atom. The maximum absolute atomic E-state index is 12.3. The Kier molecular flexibility index (Phi) is 5.93. The van der Waals surface area contributed by atoms with Crippen LogP contribution in [0.4, 0.5) is 4.79 Å². The molecule has 0 spiro atoms. The van der Waals surface area contributed by atoms with Gasteiger partial charge in [0.15, 0.2) is 0 Å². The van der Waals surface area contributed by atoms with E-state index in [4.69, 9.17) is 9.84 Å². The normalized spacial score (nSPS) is 18.6. The van der Waals surface area contributed by atoms with Crippen molar-refractivity contribution in [2.75, 3.05) is 26.7 Å². The van der Waals surface area contributed by atoms with Crippen molar-refractivity contribution >= 4 is 18.0 Å². The third kappa shape index (κ3) is 4.55. The Bertz CT molecular complexity index is 959. The average Bonchev–Trinajstić information content (AvgIpc) is 3.49. The lowest BCUT2D eigenvalue weighted by molar-refractivity contribution is -0.138. The maximum Gasteiger partial charge on any atom is 0.407 e. The maximum atomic E-state index is 12.3. The number of rotatable bonds is 8. The summed E-state index contributed by atoms with van der Waals surface area (Å²) in [4.78, 5) is 36.6. The number of carboxylic acids is 1. The fourth-order valence-electron chi connectivity index (χ4n) is 4.30. The molecule has 2 atom stereocenters. The molecule has 7 heteroatoms. The van der Waals surface area contributed by atoms with E-state index < -0.39 is 12.1 Å². The summed E-state index contributed by atoms with van der Waals surface area (Å²) < 4.78 is 5.52. The van der Waals surface area contributed by atoms with E-state index in [9.17, 15) is 14.4 Å². The average molecular weight is 422 g/mol. The molecular formula is C24H26N2O5. The van der Waals surface area contributed by atoms with Crippen molar-refractivity contribution in [2.45, 2.75) is 18.8 Å². The zero-order chi connectivity index (χ0) is 22.0. The number of alkyl carbamates (subject to hydrolysis) is 1. The molecule has 2 aromatic rings. The molecule has 2 aliphatic rings. The number of nitrogens with one attached hydrogen (secondary N) is 1. The van der Waals surface area contributed by atoms with Crippen LogP contribution in [-0.4, -0.2) is 54.7 Å². The number of carbonyl (C=O) groups is 3. The van der Waals surface area contributed by atoms with E-state index in [1.54, 1.807) is 7.05 Å². The van der Waals surface area contributed by atoms with Crippen LogP contribution in [0.25, 0.3) is 11.1 Å². The number of ether oxygens (including phenoxy) is 1. The van der Waals surface area contributed by atoms with Gasteiger partial charge in [-0.1, -0.05) is 48.5 Å². The Morgan fingerprint density at radius 1 is 1.06 bits per heavy atom. The summed E-state index contributed by atoms with van der Waals surface area (Å²) in [5.74, 6) is -1.08. The monoisotopic (exact) mass is 422 g/mol. The van der Waals surface area contributed by atoms with Crippen molar-refractivity contribution in [3.63, 3.8) is 0 Å². The number of aliphatic carboxylic acids is 1. The second kappa shape index (κ2) is 8.79. The highest BCUT2D eigenvalue weighted by Gasteiger charge is 2.44. The summed E-state index contributed by atoms with van der Waals surface area (Å²) in [5.41, 5.74) is 4.68. The lowest BCUT2D eigenvalue weighted by atomic mass is 9.98. The fraction of sp³-hybridized carbons (Fsp3) is 0.375. The third-order valence-corrected chi connectivity index (χ3v) is 6.13. The molecule has 2 amide bonds. The Labute approximate surface area is 181 Å². The van der Waals surface area contributed by atoms with Crippen molar-refractivity contribution in [3.05, 3.63) is 59.7 Å². The number of carboxylic acid groups (broad SMARTS) is 1. The molecule has 0 radical (unpaired) electrons. The Balaban J connectivity index is 1.25. The van der Waals surface area contributed by atoms with Gasteiger partial charge in [-0.2, -0.15) is 0 Å². The van der Waals surface area contributed by atoms with E-state index >= 15 is 0 Å². The van der Waals surface area contributed by atoms with Crippen molar-refractivity contribution in [3.8, 4) is 11.1 Å². The SMILES string of the molecule is CN(CCC(=O)O)C(=O)C1CC1CNC(=O)OCC1c2ccccc2-c2ccccc21. The van der Waals surface area contributed by atoms with Gasteiger partial charge in [0, 0.05) is 32.0 Å². The van der Waals surface area contributed by atoms with Gasteiger partial charge < -0.3 is 20.1 Å². The molecule has 0 heterocycles. The molecule has 162 valence electrons. The predicted octanol–water partition coefficient (Wildman–Crippen LogP) is 3.09. The lowest BCUT2D eigenvalue weighted by Gasteiger charge is -2.16. The van der Waals surface area contributed by atoms with Gasteiger partial charge in [-0.15, -0.1) is 0 Å².